The molecule has 0 saturated carbocycles. The van der Waals surface area contributed by atoms with Crippen LogP contribution < -0.4 is 0 Å². The number of benzene rings is 3. The number of aryl methyl sites for hydroxylation is 2. The third kappa shape index (κ3) is 4.83. The van der Waals surface area contributed by atoms with Gasteiger partial charge in [0.05, 0.1) is 5.56 Å². The average Bonchev–Trinajstić information content (AvgIpc) is 2.66. The van der Waals surface area contributed by atoms with Gasteiger partial charge in [0, 0.05) is 5.56 Å². The second-order valence-electron chi connectivity index (χ2n) is 6.73. The minimum absolute atomic E-state index is 0.188. The van der Waals surface area contributed by atoms with E-state index in [9.17, 15) is 8.78 Å². The van der Waals surface area contributed by atoms with Gasteiger partial charge in [-0.2, -0.15) is 0 Å². The van der Waals surface area contributed by atoms with Crippen LogP contribution in [0, 0.1) is 30.4 Å². The summed E-state index contributed by atoms with van der Waals surface area (Å²) < 4.78 is 27.7. The summed E-state index contributed by atoms with van der Waals surface area (Å²) in [5.41, 5.74) is 4.66. The van der Waals surface area contributed by atoms with Gasteiger partial charge in [-0.25, -0.2) is 8.78 Å². The van der Waals surface area contributed by atoms with E-state index in [2.05, 4.69) is 43.0 Å². The Balaban J connectivity index is 1.77. The highest BCUT2D eigenvalue weighted by atomic mass is 19.1. The van der Waals surface area contributed by atoms with Crippen LogP contribution in [-0.4, -0.2) is 0 Å². The molecule has 0 aliphatic heterocycles. The van der Waals surface area contributed by atoms with Crippen molar-refractivity contribution in [3.63, 3.8) is 0 Å². The molecule has 0 N–H and O–H groups in total. The van der Waals surface area contributed by atoms with Crippen molar-refractivity contribution in [2.45, 2.75) is 33.1 Å². The monoisotopic (exact) mass is 360 g/mol. The lowest BCUT2D eigenvalue weighted by Gasteiger charge is -2.04. The Hall–Kier alpha value is -2.92. The number of hydrogen-bond donors (Lipinski definition) is 0. The van der Waals surface area contributed by atoms with Crippen LogP contribution in [-0.2, 0) is 6.42 Å². The van der Waals surface area contributed by atoms with Crippen molar-refractivity contribution in [2.75, 3.05) is 0 Å². The van der Waals surface area contributed by atoms with Crippen LogP contribution in [0.25, 0.3) is 11.1 Å². The highest BCUT2D eigenvalue weighted by molar-refractivity contribution is 5.64. The molecule has 0 saturated heterocycles. The molecule has 3 aromatic carbocycles. The molecule has 0 fully saturated rings. The summed E-state index contributed by atoms with van der Waals surface area (Å²) in [5, 5.41) is 0. The van der Waals surface area contributed by atoms with Gasteiger partial charge in [0.1, 0.15) is 11.6 Å². The molecule has 0 heterocycles. The molecule has 0 radical (unpaired) electrons. The van der Waals surface area contributed by atoms with Crippen molar-refractivity contribution in [1.82, 2.24) is 0 Å². The first-order chi connectivity index (χ1) is 13.1. The molecule has 136 valence electrons. The van der Waals surface area contributed by atoms with E-state index >= 15 is 0 Å². The Kier molecular flexibility index (Phi) is 6.04. The number of unbranched alkanes of at least 4 members (excludes halogenated alkanes) is 1. The van der Waals surface area contributed by atoms with Gasteiger partial charge in [0.25, 0.3) is 0 Å². The van der Waals surface area contributed by atoms with E-state index in [0.29, 0.717) is 5.56 Å². The molecule has 0 nitrogen and oxygen atoms in total. The lowest BCUT2D eigenvalue weighted by molar-refractivity contribution is 0.575. The standard InChI is InChI=1S/C25H22F2/c1-3-4-5-19-6-11-21(12-7-19)22-13-8-20(9-14-22)10-15-23-24(26)16-18(2)17-25(23)27/h6-9,11-14,16-17H,3-5H2,1-2H3. The first-order valence-corrected chi connectivity index (χ1v) is 9.24. The Labute approximate surface area is 159 Å². The van der Waals surface area contributed by atoms with Crippen LogP contribution in [0.3, 0.4) is 0 Å². The van der Waals surface area contributed by atoms with E-state index in [1.54, 1.807) is 6.92 Å². The van der Waals surface area contributed by atoms with Crippen LogP contribution in [0.1, 0.15) is 42.0 Å². The predicted molar refractivity (Wildman–Crippen MR) is 108 cm³/mol. The molecular formula is C25H22F2. The van der Waals surface area contributed by atoms with Crippen molar-refractivity contribution in [3.05, 3.63) is 94.6 Å². The quantitative estimate of drug-likeness (QED) is 0.455. The van der Waals surface area contributed by atoms with Crippen LogP contribution >= 0.6 is 0 Å². The molecule has 2 heteroatoms. The van der Waals surface area contributed by atoms with Gasteiger partial charge in [-0.05, 0) is 66.3 Å². The Bertz CT molecular complexity index is 949. The molecule has 0 spiro atoms. The van der Waals surface area contributed by atoms with Gasteiger partial charge in [-0.15, -0.1) is 0 Å². The van der Waals surface area contributed by atoms with Gasteiger partial charge in [-0.1, -0.05) is 61.6 Å². The summed E-state index contributed by atoms with van der Waals surface area (Å²) in [5.74, 6) is 4.20. The molecular weight excluding hydrogens is 338 g/mol. The molecule has 0 amide bonds. The van der Waals surface area contributed by atoms with Crippen molar-refractivity contribution in [1.29, 1.82) is 0 Å². The minimum Gasteiger partial charge on any atom is -0.206 e. The SMILES string of the molecule is CCCCc1ccc(-c2ccc(C#Cc3c(F)cc(C)cc3F)cc2)cc1. The molecule has 0 bridgehead atoms. The van der Waals surface area contributed by atoms with Crippen molar-refractivity contribution in [3.8, 4) is 23.0 Å². The highest BCUT2D eigenvalue weighted by Crippen LogP contribution is 2.21. The van der Waals surface area contributed by atoms with E-state index in [1.807, 2.05) is 24.3 Å². The third-order valence-electron chi connectivity index (χ3n) is 4.51. The number of hydrogen-bond acceptors (Lipinski definition) is 0. The Morgan fingerprint density at radius 1 is 0.778 bits per heavy atom. The third-order valence-corrected chi connectivity index (χ3v) is 4.51. The average molecular weight is 360 g/mol. The van der Waals surface area contributed by atoms with Crippen molar-refractivity contribution >= 4 is 0 Å². The van der Waals surface area contributed by atoms with E-state index in [-0.39, 0.29) is 5.56 Å². The van der Waals surface area contributed by atoms with Crippen LogP contribution in [0.2, 0.25) is 0 Å². The van der Waals surface area contributed by atoms with E-state index in [1.165, 1.54) is 30.5 Å². The van der Waals surface area contributed by atoms with Gasteiger partial charge in [-0.3, -0.25) is 0 Å². The molecule has 0 unspecified atom stereocenters. The zero-order valence-electron chi connectivity index (χ0n) is 15.7. The second-order valence-corrected chi connectivity index (χ2v) is 6.73. The van der Waals surface area contributed by atoms with Crippen LogP contribution in [0.15, 0.2) is 60.7 Å². The summed E-state index contributed by atoms with van der Waals surface area (Å²) >= 11 is 0. The maximum atomic E-state index is 13.9. The van der Waals surface area contributed by atoms with E-state index < -0.39 is 11.6 Å². The Morgan fingerprint density at radius 2 is 1.33 bits per heavy atom. The van der Waals surface area contributed by atoms with E-state index in [4.69, 9.17) is 0 Å². The van der Waals surface area contributed by atoms with Gasteiger partial charge in [0.15, 0.2) is 0 Å². The zero-order valence-corrected chi connectivity index (χ0v) is 15.7. The minimum atomic E-state index is -0.625. The van der Waals surface area contributed by atoms with Gasteiger partial charge < -0.3 is 0 Å². The second kappa shape index (κ2) is 8.64. The molecule has 0 atom stereocenters. The molecule has 0 aromatic heterocycles. The largest absolute Gasteiger partial charge is 0.206 e. The summed E-state index contributed by atoms with van der Waals surface area (Å²) in [6.07, 6.45) is 3.51. The molecule has 27 heavy (non-hydrogen) atoms. The summed E-state index contributed by atoms with van der Waals surface area (Å²) in [6.45, 7) is 3.85. The normalized spacial score (nSPS) is 10.4. The van der Waals surface area contributed by atoms with Gasteiger partial charge >= 0.3 is 0 Å². The molecule has 3 aromatic rings. The maximum Gasteiger partial charge on any atom is 0.142 e. The number of rotatable bonds is 4. The fourth-order valence-corrected chi connectivity index (χ4v) is 2.94. The summed E-state index contributed by atoms with van der Waals surface area (Å²) in [6, 6.07) is 18.9. The summed E-state index contributed by atoms with van der Waals surface area (Å²) in [7, 11) is 0. The maximum absolute atomic E-state index is 13.9. The smallest absolute Gasteiger partial charge is 0.142 e. The lowest BCUT2D eigenvalue weighted by atomic mass is 10.0. The topological polar surface area (TPSA) is 0 Å². The van der Waals surface area contributed by atoms with E-state index in [0.717, 1.165) is 23.1 Å². The fourth-order valence-electron chi connectivity index (χ4n) is 2.94. The molecule has 0 aliphatic carbocycles. The van der Waals surface area contributed by atoms with Crippen molar-refractivity contribution in [2.24, 2.45) is 0 Å². The zero-order chi connectivity index (χ0) is 19.2. The molecule has 3 rings (SSSR count). The lowest BCUT2D eigenvalue weighted by Crippen LogP contribution is -1.91. The predicted octanol–water partition coefficient (Wildman–Crippen LogP) is 6.68. The first-order valence-electron chi connectivity index (χ1n) is 9.24. The highest BCUT2D eigenvalue weighted by Gasteiger charge is 2.07. The van der Waals surface area contributed by atoms with Crippen LogP contribution in [0.4, 0.5) is 8.78 Å². The van der Waals surface area contributed by atoms with Crippen molar-refractivity contribution < 1.29 is 8.78 Å². The first kappa shape index (κ1) is 18.9. The van der Waals surface area contributed by atoms with Crippen LogP contribution in [0.5, 0.6) is 0 Å². The van der Waals surface area contributed by atoms with Gasteiger partial charge in [0.2, 0.25) is 0 Å². The number of halogens is 2. The Morgan fingerprint density at radius 3 is 1.89 bits per heavy atom. The fraction of sp³-hybridized carbons (Fsp3) is 0.200. The molecule has 0 aliphatic rings. The summed E-state index contributed by atoms with van der Waals surface area (Å²) in [4.78, 5) is 0.